The number of benzene rings is 2. The van der Waals surface area contributed by atoms with E-state index in [1.54, 1.807) is 4.90 Å². The minimum atomic E-state index is -0.838. The second-order valence-electron chi connectivity index (χ2n) is 9.39. The van der Waals surface area contributed by atoms with Crippen LogP contribution in [0.25, 0.3) is 11.1 Å². The van der Waals surface area contributed by atoms with Gasteiger partial charge in [0.25, 0.3) is 0 Å². The Kier molecular flexibility index (Phi) is 7.20. The van der Waals surface area contributed by atoms with Gasteiger partial charge in [-0.15, -0.1) is 0 Å². The van der Waals surface area contributed by atoms with E-state index < -0.39 is 12.1 Å². The first-order valence-electron chi connectivity index (χ1n) is 12.0. The first kappa shape index (κ1) is 23.8. The van der Waals surface area contributed by atoms with Crippen molar-refractivity contribution in [2.75, 3.05) is 26.2 Å². The van der Waals surface area contributed by atoms with Crippen LogP contribution in [0.4, 0.5) is 4.79 Å². The topological polar surface area (TPSA) is 95.9 Å². The van der Waals surface area contributed by atoms with Crippen molar-refractivity contribution in [1.82, 2.24) is 10.2 Å². The SMILES string of the molecule is CCC(CNC(=O)OCC1c2ccccc2-c2ccccc21)C(=O)N1C[C@@H](CC(=O)O)[C@H](C)C1. The summed E-state index contributed by atoms with van der Waals surface area (Å²) < 4.78 is 5.58. The Labute approximate surface area is 200 Å². The highest BCUT2D eigenvalue weighted by Gasteiger charge is 2.36. The van der Waals surface area contributed by atoms with Crippen LogP contribution < -0.4 is 5.32 Å². The third-order valence-electron chi connectivity index (χ3n) is 7.20. The van der Waals surface area contributed by atoms with Gasteiger partial charge in [0.15, 0.2) is 0 Å². The minimum Gasteiger partial charge on any atom is -0.481 e. The molecule has 4 rings (SSSR count). The number of hydrogen-bond acceptors (Lipinski definition) is 4. The van der Waals surface area contributed by atoms with Gasteiger partial charge in [0, 0.05) is 25.6 Å². The van der Waals surface area contributed by atoms with Crippen LogP contribution >= 0.6 is 0 Å². The Morgan fingerprint density at radius 3 is 2.26 bits per heavy atom. The number of carbonyl (C=O) groups is 3. The van der Waals surface area contributed by atoms with Crippen LogP contribution in [-0.2, 0) is 14.3 Å². The highest BCUT2D eigenvalue weighted by atomic mass is 16.5. The van der Waals surface area contributed by atoms with Gasteiger partial charge in [0.05, 0.1) is 12.3 Å². The third-order valence-corrected chi connectivity index (χ3v) is 7.20. The van der Waals surface area contributed by atoms with Gasteiger partial charge in [-0.05, 0) is 40.5 Å². The molecule has 7 heteroatoms. The fraction of sp³-hybridized carbons (Fsp3) is 0.444. The lowest BCUT2D eigenvalue weighted by Crippen LogP contribution is -2.41. The van der Waals surface area contributed by atoms with E-state index in [1.807, 2.05) is 38.1 Å². The maximum absolute atomic E-state index is 13.0. The smallest absolute Gasteiger partial charge is 0.407 e. The number of likely N-dealkylation sites (tertiary alicyclic amines) is 1. The quantitative estimate of drug-likeness (QED) is 0.613. The zero-order chi connectivity index (χ0) is 24.2. The summed E-state index contributed by atoms with van der Waals surface area (Å²) in [6.45, 7) is 5.32. The Hall–Kier alpha value is -3.35. The maximum Gasteiger partial charge on any atom is 0.407 e. The molecule has 1 heterocycles. The van der Waals surface area contributed by atoms with E-state index in [9.17, 15) is 14.4 Å². The number of rotatable bonds is 8. The number of nitrogens with one attached hydrogen (secondary N) is 1. The van der Waals surface area contributed by atoms with Gasteiger partial charge in [-0.1, -0.05) is 62.4 Å². The number of amides is 2. The predicted octanol–water partition coefficient (Wildman–Crippen LogP) is 4.12. The molecule has 2 aromatic carbocycles. The summed E-state index contributed by atoms with van der Waals surface area (Å²) in [6, 6.07) is 16.3. The monoisotopic (exact) mass is 464 g/mol. The Balaban J connectivity index is 1.31. The van der Waals surface area contributed by atoms with Crippen LogP contribution in [0.2, 0.25) is 0 Å². The van der Waals surface area contributed by atoms with Crippen molar-refractivity contribution in [3.05, 3.63) is 59.7 Å². The fourth-order valence-electron chi connectivity index (χ4n) is 5.22. The number of carboxylic acids is 1. The maximum atomic E-state index is 13.0. The van der Waals surface area contributed by atoms with Gasteiger partial charge in [-0.25, -0.2) is 4.79 Å². The molecular weight excluding hydrogens is 432 g/mol. The Morgan fingerprint density at radius 2 is 1.68 bits per heavy atom. The van der Waals surface area contributed by atoms with Crippen molar-refractivity contribution in [2.24, 2.45) is 17.8 Å². The van der Waals surface area contributed by atoms with Crippen LogP contribution in [0.3, 0.4) is 0 Å². The average Bonchev–Trinajstić information content (AvgIpc) is 3.35. The van der Waals surface area contributed by atoms with Gasteiger partial charge < -0.3 is 20.1 Å². The van der Waals surface area contributed by atoms with Crippen LogP contribution in [-0.4, -0.2) is 54.2 Å². The first-order valence-corrected chi connectivity index (χ1v) is 12.0. The van der Waals surface area contributed by atoms with E-state index in [0.717, 1.165) is 11.1 Å². The molecule has 0 saturated carbocycles. The second kappa shape index (κ2) is 10.3. The Bertz CT molecular complexity index is 1020. The summed E-state index contributed by atoms with van der Waals surface area (Å²) in [5.41, 5.74) is 4.64. The van der Waals surface area contributed by atoms with Crippen LogP contribution in [0.5, 0.6) is 0 Å². The summed E-state index contributed by atoms with van der Waals surface area (Å²) >= 11 is 0. The number of fused-ring (bicyclic) bond motifs is 3. The number of nitrogens with zero attached hydrogens (tertiary/aromatic N) is 1. The van der Waals surface area contributed by atoms with Gasteiger partial charge in [-0.2, -0.15) is 0 Å². The molecule has 2 aromatic rings. The molecule has 0 radical (unpaired) electrons. The molecule has 1 saturated heterocycles. The number of ether oxygens (including phenoxy) is 1. The molecule has 7 nitrogen and oxygen atoms in total. The Morgan fingerprint density at radius 1 is 1.06 bits per heavy atom. The zero-order valence-electron chi connectivity index (χ0n) is 19.7. The number of hydrogen-bond donors (Lipinski definition) is 2. The molecule has 2 amide bonds. The normalized spacial score (nSPS) is 19.9. The van der Waals surface area contributed by atoms with Crippen LogP contribution in [0, 0.1) is 17.8 Å². The zero-order valence-corrected chi connectivity index (χ0v) is 19.7. The predicted molar refractivity (Wildman–Crippen MR) is 128 cm³/mol. The third kappa shape index (κ3) is 4.93. The number of aliphatic carboxylic acids is 1. The molecule has 180 valence electrons. The molecule has 2 aliphatic rings. The second-order valence-corrected chi connectivity index (χ2v) is 9.39. The van der Waals surface area contributed by atoms with Crippen molar-refractivity contribution in [3.63, 3.8) is 0 Å². The molecule has 1 fully saturated rings. The van der Waals surface area contributed by atoms with Crippen LogP contribution in [0.15, 0.2) is 48.5 Å². The number of carboxylic acid groups (broad SMARTS) is 1. The molecule has 0 aromatic heterocycles. The molecule has 0 spiro atoms. The fourth-order valence-corrected chi connectivity index (χ4v) is 5.22. The van der Waals surface area contributed by atoms with Crippen molar-refractivity contribution >= 4 is 18.0 Å². The van der Waals surface area contributed by atoms with E-state index in [4.69, 9.17) is 9.84 Å². The highest BCUT2D eigenvalue weighted by Crippen LogP contribution is 2.44. The van der Waals surface area contributed by atoms with E-state index in [-0.39, 0.29) is 49.2 Å². The lowest BCUT2D eigenvalue weighted by molar-refractivity contribution is -0.139. The van der Waals surface area contributed by atoms with Gasteiger partial charge in [-0.3, -0.25) is 9.59 Å². The van der Waals surface area contributed by atoms with Crippen molar-refractivity contribution in [1.29, 1.82) is 0 Å². The number of alkyl carbamates (subject to hydrolysis) is 1. The van der Waals surface area contributed by atoms with E-state index >= 15 is 0 Å². The molecule has 1 aliphatic carbocycles. The van der Waals surface area contributed by atoms with E-state index in [2.05, 4.69) is 29.6 Å². The molecule has 0 bridgehead atoms. The minimum absolute atomic E-state index is 0.0148. The molecular formula is C27H32N2O5. The molecule has 1 aliphatic heterocycles. The summed E-state index contributed by atoms with van der Waals surface area (Å²) in [6.07, 6.45) is 0.114. The van der Waals surface area contributed by atoms with E-state index in [0.29, 0.717) is 19.5 Å². The highest BCUT2D eigenvalue weighted by molar-refractivity contribution is 5.81. The lowest BCUT2D eigenvalue weighted by Gasteiger charge is -2.23. The van der Waals surface area contributed by atoms with Crippen molar-refractivity contribution in [3.8, 4) is 11.1 Å². The molecule has 2 N–H and O–H groups in total. The lowest BCUT2D eigenvalue weighted by atomic mass is 9.95. The summed E-state index contributed by atoms with van der Waals surface area (Å²) in [7, 11) is 0. The first-order chi connectivity index (χ1) is 16.4. The summed E-state index contributed by atoms with van der Waals surface area (Å²) in [4.78, 5) is 38.3. The average molecular weight is 465 g/mol. The van der Waals surface area contributed by atoms with Gasteiger partial charge in [0.2, 0.25) is 5.91 Å². The van der Waals surface area contributed by atoms with E-state index in [1.165, 1.54) is 11.1 Å². The molecule has 34 heavy (non-hydrogen) atoms. The van der Waals surface area contributed by atoms with Gasteiger partial charge >= 0.3 is 12.1 Å². The molecule has 1 unspecified atom stereocenters. The standard InChI is InChI=1S/C27H32N2O5/c1-3-18(26(32)29-14-17(2)19(15-29)12-25(30)31)13-28-27(33)34-16-24-22-10-6-4-8-20(22)21-9-5-7-11-23(21)24/h4-11,17-19,24H,3,12-16H2,1-2H3,(H,28,33)(H,30,31)/t17-,18?,19-/m1/s1. The molecule has 3 atom stereocenters. The van der Waals surface area contributed by atoms with Crippen molar-refractivity contribution in [2.45, 2.75) is 32.6 Å². The van der Waals surface area contributed by atoms with Gasteiger partial charge in [0.1, 0.15) is 6.61 Å². The summed E-state index contributed by atoms with van der Waals surface area (Å²) in [5, 5.41) is 11.9. The van der Waals surface area contributed by atoms with Crippen molar-refractivity contribution < 1.29 is 24.2 Å². The number of carbonyl (C=O) groups excluding carboxylic acids is 2. The summed E-state index contributed by atoms with van der Waals surface area (Å²) in [5.74, 6) is -1.15. The van der Waals surface area contributed by atoms with Crippen LogP contribution in [0.1, 0.15) is 43.7 Å². The largest absolute Gasteiger partial charge is 0.481 e.